The number of nitrogens with one attached hydrogen (secondary N) is 1. The molecule has 0 spiro atoms. The molecule has 24 heavy (non-hydrogen) atoms. The molecule has 7 heteroatoms. The van der Waals surface area contributed by atoms with Crippen LogP contribution in [-0.2, 0) is 16.6 Å². The number of hydrogen-bond acceptors (Lipinski definition) is 4. The fourth-order valence-corrected chi connectivity index (χ4v) is 3.78. The van der Waals surface area contributed by atoms with Gasteiger partial charge in [-0.15, -0.1) is 0 Å². The number of aryl methyl sites for hydroxylation is 1. The topological polar surface area (TPSA) is 79.6 Å². The van der Waals surface area contributed by atoms with Crippen molar-refractivity contribution in [2.45, 2.75) is 32.2 Å². The van der Waals surface area contributed by atoms with Crippen molar-refractivity contribution in [3.63, 3.8) is 0 Å². The lowest BCUT2D eigenvalue weighted by atomic mass is 10.2. The van der Waals surface area contributed by atoms with Gasteiger partial charge in [0.15, 0.2) is 5.76 Å². The van der Waals surface area contributed by atoms with E-state index in [2.05, 4.69) is 5.32 Å². The summed E-state index contributed by atoms with van der Waals surface area (Å²) in [6, 6.07) is 9.86. The Bertz CT molecular complexity index is 790. The van der Waals surface area contributed by atoms with Crippen LogP contribution < -0.4 is 5.32 Å². The molecule has 0 aliphatic rings. The second-order valence-corrected chi connectivity index (χ2v) is 7.26. The number of nitrogens with zero attached hydrogens (tertiary/aromatic N) is 1. The summed E-state index contributed by atoms with van der Waals surface area (Å²) in [6.45, 7) is 6.54. The maximum Gasteiger partial charge on any atom is 0.287 e. The van der Waals surface area contributed by atoms with Crippen molar-refractivity contribution in [2.75, 3.05) is 13.1 Å². The average Bonchev–Trinajstić information content (AvgIpc) is 3.00. The number of carbonyl (C=O) groups is 1. The van der Waals surface area contributed by atoms with E-state index >= 15 is 0 Å². The summed E-state index contributed by atoms with van der Waals surface area (Å²) < 4.78 is 31.5. The maximum absolute atomic E-state index is 12.4. The predicted molar refractivity (Wildman–Crippen MR) is 91.2 cm³/mol. The second kappa shape index (κ2) is 7.63. The van der Waals surface area contributed by atoms with Gasteiger partial charge in [0.05, 0.1) is 4.90 Å². The van der Waals surface area contributed by atoms with Gasteiger partial charge in [0.1, 0.15) is 5.76 Å². The third-order valence-corrected chi connectivity index (χ3v) is 5.75. The number of hydrogen-bond donors (Lipinski definition) is 1. The average molecular weight is 350 g/mol. The van der Waals surface area contributed by atoms with Crippen molar-refractivity contribution >= 4 is 15.9 Å². The highest BCUT2D eigenvalue weighted by Gasteiger charge is 2.21. The van der Waals surface area contributed by atoms with E-state index < -0.39 is 10.0 Å². The van der Waals surface area contributed by atoms with Crippen molar-refractivity contribution in [1.29, 1.82) is 0 Å². The normalized spacial score (nSPS) is 11.7. The lowest BCUT2D eigenvalue weighted by molar-refractivity contribution is 0.0922. The molecule has 0 fully saturated rings. The number of sulfonamides is 1. The zero-order chi connectivity index (χ0) is 17.7. The quantitative estimate of drug-likeness (QED) is 0.832. The Hall–Kier alpha value is -2.12. The standard InChI is InChI=1S/C17H22N2O4S/c1-4-19(5-2)24(21,22)15-9-7-14(8-10-15)12-18-17(20)16-11-6-13(3)23-16/h6-11H,4-5,12H2,1-3H3,(H,18,20). The van der Waals surface area contributed by atoms with Crippen molar-refractivity contribution in [1.82, 2.24) is 9.62 Å². The van der Waals surface area contributed by atoms with Crippen molar-refractivity contribution in [3.05, 3.63) is 53.5 Å². The molecule has 0 aliphatic carbocycles. The molecule has 0 aliphatic heterocycles. The molecule has 0 unspecified atom stereocenters. The summed E-state index contributed by atoms with van der Waals surface area (Å²) in [5.41, 5.74) is 0.810. The molecule has 1 aromatic carbocycles. The zero-order valence-electron chi connectivity index (χ0n) is 14.1. The number of benzene rings is 1. The molecule has 1 heterocycles. The Kier molecular flexibility index (Phi) is 5.80. The van der Waals surface area contributed by atoms with Crippen LogP contribution in [0.25, 0.3) is 0 Å². The van der Waals surface area contributed by atoms with Crippen LogP contribution in [0.5, 0.6) is 0 Å². The molecule has 1 amide bonds. The maximum atomic E-state index is 12.4. The van der Waals surface area contributed by atoms with Gasteiger partial charge in [-0.25, -0.2) is 8.42 Å². The Morgan fingerprint density at radius 3 is 2.21 bits per heavy atom. The smallest absolute Gasteiger partial charge is 0.287 e. The van der Waals surface area contributed by atoms with Crippen LogP contribution in [0.1, 0.15) is 35.7 Å². The van der Waals surface area contributed by atoms with Gasteiger partial charge in [0.25, 0.3) is 5.91 Å². The molecule has 1 N–H and O–H groups in total. The fraction of sp³-hybridized carbons (Fsp3) is 0.353. The third kappa shape index (κ3) is 4.04. The number of amides is 1. The molecular formula is C17H22N2O4S. The number of carbonyl (C=O) groups excluding carboxylic acids is 1. The molecule has 0 atom stereocenters. The van der Waals surface area contributed by atoms with Crippen LogP contribution in [0.15, 0.2) is 45.7 Å². The Labute approximate surface area is 142 Å². The van der Waals surface area contributed by atoms with Gasteiger partial charge >= 0.3 is 0 Å². The first-order valence-electron chi connectivity index (χ1n) is 7.82. The van der Waals surface area contributed by atoms with Gasteiger partial charge in [-0.3, -0.25) is 4.79 Å². The van der Waals surface area contributed by atoms with Crippen LogP contribution >= 0.6 is 0 Å². The first-order chi connectivity index (χ1) is 11.4. The highest BCUT2D eigenvalue weighted by molar-refractivity contribution is 7.89. The Morgan fingerprint density at radius 2 is 1.71 bits per heavy atom. The van der Waals surface area contributed by atoms with E-state index in [4.69, 9.17) is 4.42 Å². The van der Waals surface area contributed by atoms with Crippen LogP contribution in [0.3, 0.4) is 0 Å². The monoisotopic (exact) mass is 350 g/mol. The highest BCUT2D eigenvalue weighted by atomic mass is 32.2. The lowest BCUT2D eigenvalue weighted by Crippen LogP contribution is -2.30. The van der Waals surface area contributed by atoms with E-state index in [1.807, 2.05) is 0 Å². The summed E-state index contributed by atoms with van der Waals surface area (Å²) in [6.07, 6.45) is 0. The van der Waals surface area contributed by atoms with E-state index in [1.54, 1.807) is 57.2 Å². The van der Waals surface area contributed by atoms with E-state index in [0.717, 1.165) is 5.56 Å². The molecule has 6 nitrogen and oxygen atoms in total. The summed E-state index contributed by atoms with van der Waals surface area (Å²) in [4.78, 5) is 12.2. The molecule has 2 rings (SSSR count). The second-order valence-electron chi connectivity index (χ2n) is 5.33. The lowest BCUT2D eigenvalue weighted by Gasteiger charge is -2.18. The van der Waals surface area contributed by atoms with Crippen molar-refractivity contribution < 1.29 is 17.6 Å². The minimum absolute atomic E-state index is 0.253. The summed E-state index contributed by atoms with van der Waals surface area (Å²) >= 11 is 0. The Morgan fingerprint density at radius 1 is 1.08 bits per heavy atom. The van der Waals surface area contributed by atoms with Crippen molar-refractivity contribution in [3.8, 4) is 0 Å². The molecule has 0 radical (unpaired) electrons. The molecule has 0 bridgehead atoms. The largest absolute Gasteiger partial charge is 0.456 e. The van der Waals surface area contributed by atoms with E-state index in [1.165, 1.54) is 4.31 Å². The zero-order valence-corrected chi connectivity index (χ0v) is 14.9. The van der Waals surface area contributed by atoms with Gasteiger partial charge in [-0.1, -0.05) is 26.0 Å². The van der Waals surface area contributed by atoms with Gasteiger partial charge in [-0.2, -0.15) is 4.31 Å². The predicted octanol–water partition coefficient (Wildman–Crippen LogP) is 2.55. The molecule has 130 valence electrons. The first-order valence-corrected chi connectivity index (χ1v) is 9.26. The summed E-state index contributed by atoms with van der Waals surface area (Å²) in [5.74, 6) is 0.627. The molecule has 1 aromatic heterocycles. The SMILES string of the molecule is CCN(CC)S(=O)(=O)c1ccc(CNC(=O)c2ccc(C)o2)cc1. The van der Waals surface area contributed by atoms with Gasteiger partial charge in [0, 0.05) is 19.6 Å². The van der Waals surface area contributed by atoms with Crippen LogP contribution in [0, 0.1) is 6.92 Å². The third-order valence-electron chi connectivity index (χ3n) is 3.68. The molecule has 2 aromatic rings. The first kappa shape index (κ1) is 18.2. The number of furan rings is 1. The number of rotatable bonds is 7. The van der Waals surface area contributed by atoms with Crippen LogP contribution in [0.4, 0.5) is 0 Å². The van der Waals surface area contributed by atoms with E-state index in [9.17, 15) is 13.2 Å². The van der Waals surface area contributed by atoms with Gasteiger partial charge in [-0.05, 0) is 36.8 Å². The summed E-state index contributed by atoms with van der Waals surface area (Å²) in [7, 11) is -3.46. The van der Waals surface area contributed by atoms with Crippen molar-refractivity contribution in [2.24, 2.45) is 0 Å². The minimum atomic E-state index is -3.46. The van der Waals surface area contributed by atoms with E-state index in [-0.39, 0.29) is 16.6 Å². The van der Waals surface area contributed by atoms with Gasteiger partial charge in [0.2, 0.25) is 10.0 Å². The highest BCUT2D eigenvalue weighted by Crippen LogP contribution is 2.16. The van der Waals surface area contributed by atoms with Gasteiger partial charge < -0.3 is 9.73 Å². The van der Waals surface area contributed by atoms with E-state index in [0.29, 0.717) is 25.4 Å². The Balaban J connectivity index is 2.03. The molecular weight excluding hydrogens is 328 g/mol. The minimum Gasteiger partial charge on any atom is -0.456 e. The van der Waals surface area contributed by atoms with Crippen LogP contribution in [-0.4, -0.2) is 31.7 Å². The molecule has 0 saturated heterocycles. The van der Waals surface area contributed by atoms with Crippen LogP contribution in [0.2, 0.25) is 0 Å². The summed E-state index contributed by atoms with van der Waals surface area (Å²) in [5, 5.41) is 2.74. The fourth-order valence-electron chi connectivity index (χ4n) is 2.32. The molecule has 0 saturated carbocycles.